The fraction of sp³-hybridized carbons (Fsp3) is 0.333. The van der Waals surface area contributed by atoms with E-state index in [-0.39, 0.29) is 0 Å². The van der Waals surface area contributed by atoms with Crippen LogP contribution in [0.1, 0.15) is 36.3 Å². The molecule has 1 heterocycles. The maximum atomic E-state index is 11.2. The van der Waals surface area contributed by atoms with Crippen LogP contribution in [-0.4, -0.2) is 21.0 Å². The Hall–Kier alpha value is -2.10. The molecule has 0 radical (unpaired) electrons. The molecule has 0 bridgehead atoms. The van der Waals surface area contributed by atoms with Gasteiger partial charge in [0.15, 0.2) is 0 Å². The second-order valence-electron chi connectivity index (χ2n) is 4.76. The molecule has 2 aromatic rings. The molecule has 0 aliphatic carbocycles. The highest BCUT2D eigenvalue weighted by Crippen LogP contribution is 2.26. The molecule has 1 aromatic carbocycles. The topological polar surface area (TPSA) is 66.0 Å². The van der Waals surface area contributed by atoms with Gasteiger partial charge in [0.05, 0.1) is 5.69 Å². The van der Waals surface area contributed by atoms with E-state index in [4.69, 9.17) is 0 Å². The van der Waals surface area contributed by atoms with E-state index in [0.29, 0.717) is 12.2 Å². The van der Waals surface area contributed by atoms with Crippen molar-refractivity contribution in [3.63, 3.8) is 0 Å². The summed E-state index contributed by atoms with van der Waals surface area (Å²) < 4.78 is 0. The Balaban J connectivity index is 2.44. The van der Waals surface area contributed by atoms with Gasteiger partial charge in [-0.25, -0.2) is 4.98 Å². The van der Waals surface area contributed by atoms with Crippen LogP contribution in [0.4, 0.5) is 0 Å². The van der Waals surface area contributed by atoms with Gasteiger partial charge < -0.3 is 10.1 Å². The quantitative estimate of drug-likeness (QED) is 0.884. The molecule has 1 aromatic heterocycles. The number of carboxylic acids is 1. The zero-order chi connectivity index (χ0) is 14.0. The van der Waals surface area contributed by atoms with Crippen molar-refractivity contribution in [2.24, 2.45) is 0 Å². The highest BCUT2D eigenvalue weighted by molar-refractivity contribution is 5.75. The number of rotatable bonds is 4. The van der Waals surface area contributed by atoms with Gasteiger partial charge in [-0.05, 0) is 26.3 Å². The van der Waals surface area contributed by atoms with Gasteiger partial charge in [-0.1, -0.05) is 30.7 Å². The first-order chi connectivity index (χ1) is 9.02. The van der Waals surface area contributed by atoms with Crippen molar-refractivity contribution >= 4 is 5.97 Å². The number of nitrogens with one attached hydrogen (secondary N) is 1. The van der Waals surface area contributed by atoms with Crippen LogP contribution in [0.25, 0.3) is 11.3 Å². The molecule has 0 aliphatic rings. The largest absolute Gasteiger partial charge is 0.481 e. The van der Waals surface area contributed by atoms with Gasteiger partial charge in [0.1, 0.15) is 11.7 Å². The fourth-order valence-electron chi connectivity index (χ4n) is 2.21. The number of nitrogens with zero attached hydrogens (tertiary/aromatic N) is 1. The van der Waals surface area contributed by atoms with E-state index in [9.17, 15) is 9.90 Å². The smallest absolute Gasteiger partial charge is 0.314 e. The molecule has 1 atom stereocenters. The third-order valence-corrected chi connectivity index (χ3v) is 3.23. The van der Waals surface area contributed by atoms with Crippen molar-refractivity contribution in [1.29, 1.82) is 0 Å². The third kappa shape index (κ3) is 2.67. The lowest BCUT2D eigenvalue weighted by Crippen LogP contribution is -2.12. The van der Waals surface area contributed by atoms with Gasteiger partial charge in [-0.2, -0.15) is 0 Å². The van der Waals surface area contributed by atoms with E-state index in [1.807, 2.05) is 39.0 Å². The summed E-state index contributed by atoms with van der Waals surface area (Å²) >= 11 is 0. The minimum absolute atomic E-state index is 0.523. The van der Waals surface area contributed by atoms with Gasteiger partial charge in [0.25, 0.3) is 0 Å². The summed E-state index contributed by atoms with van der Waals surface area (Å²) in [6.45, 7) is 5.80. The number of aryl methyl sites for hydroxylation is 2. The average molecular weight is 258 g/mol. The number of hydrogen-bond donors (Lipinski definition) is 2. The van der Waals surface area contributed by atoms with Crippen LogP contribution in [0.3, 0.4) is 0 Å². The molecular formula is C15H18N2O2. The molecule has 19 heavy (non-hydrogen) atoms. The number of aromatic amines is 1. The third-order valence-electron chi connectivity index (χ3n) is 3.23. The van der Waals surface area contributed by atoms with Crippen molar-refractivity contribution in [2.75, 3.05) is 0 Å². The van der Waals surface area contributed by atoms with E-state index in [0.717, 1.165) is 22.5 Å². The lowest BCUT2D eigenvalue weighted by Gasteiger charge is -2.05. The first kappa shape index (κ1) is 13.3. The second-order valence-corrected chi connectivity index (χ2v) is 4.76. The fourth-order valence-corrected chi connectivity index (χ4v) is 2.21. The van der Waals surface area contributed by atoms with E-state index in [1.165, 1.54) is 0 Å². The van der Waals surface area contributed by atoms with Crippen molar-refractivity contribution in [1.82, 2.24) is 9.97 Å². The zero-order valence-corrected chi connectivity index (χ0v) is 11.4. The summed E-state index contributed by atoms with van der Waals surface area (Å²) in [4.78, 5) is 18.8. The average Bonchev–Trinajstić information content (AvgIpc) is 2.71. The molecule has 0 saturated heterocycles. The highest BCUT2D eigenvalue weighted by atomic mass is 16.4. The maximum absolute atomic E-state index is 11.2. The van der Waals surface area contributed by atoms with Crippen molar-refractivity contribution in [2.45, 2.75) is 33.1 Å². The molecule has 0 amide bonds. The molecule has 2 N–H and O–H groups in total. The molecule has 1 unspecified atom stereocenters. The summed E-state index contributed by atoms with van der Waals surface area (Å²) in [5.41, 5.74) is 3.91. The number of carboxylic acid groups (broad SMARTS) is 1. The molecule has 100 valence electrons. The summed E-state index contributed by atoms with van der Waals surface area (Å²) in [6.07, 6.45) is 0.523. The van der Waals surface area contributed by atoms with Crippen molar-refractivity contribution < 1.29 is 9.90 Å². The monoisotopic (exact) mass is 258 g/mol. The van der Waals surface area contributed by atoms with Crippen LogP contribution in [0.15, 0.2) is 24.3 Å². The van der Waals surface area contributed by atoms with Gasteiger partial charge in [-0.3, -0.25) is 4.79 Å². The van der Waals surface area contributed by atoms with E-state index in [1.54, 1.807) is 0 Å². The normalized spacial score (nSPS) is 12.4. The Morgan fingerprint density at radius 2 is 2.16 bits per heavy atom. The summed E-state index contributed by atoms with van der Waals surface area (Å²) in [6, 6.07) is 8.04. The molecule has 2 rings (SSSR count). The van der Waals surface area contributed by atoms with Gasteiger partial charge >= 0.3 is 5.97 Å². The lowest BCUT2D eigenvalue weighted by atomic mass is 10.1. The van der Waals surface area contributed by atoms with E-state index >= 15 is 0 Å². The Morgan fingerprint density at radius 3 is 2.74 bits per heavy atom. The molecule has 4 heteroatoms. The van der Waals surface area contributed by atoms with Gasteiger partial charge in [0, 0.05) is 11.3 Å². The molecule has 0 aliphatic heterocycles. The van der Waals surface area contributed by atoms with Crippen LogP contribution < -0.4 is 0 Å². The minimum Gasteiger partial charge on any atom is -0.481 e. The van der Waals surface area contributed by atoms with Crippen LogP contribution in [-0.2, 0) is 4.79 Å². The second kappa shape index (κ2) is 5.26. The Kier molecular flexibility index (Phi) is 3.69. The number of benzene rings is 1. The van der Waals surface area contributed by atoms with Crippen LogP contribution in [0.2, 0.25) is 0 Å². The van der Waals surface area contributed by atoms with Crippen LogP contribution >= 0.6 is 0 Å². The predicted octanol–water partition coefficient (Wildman–Crippen LogP) is 3.27. The van der Waals surface area contributed by atoms with Gasteiger partial charge in [0.2, 0.25) is 0 Å². The lowest BCUT2D eigenvalue weighted by molar-refractivity contribution is -0.139. The van der Waals surface area contributed by atoms with Crippen molar-refractivity contribution in [3.05, 3.63) is 41.3 Å². The van der Waals surface area contributed by atoms with E-state index < -0.39 is 11.9 Å². The predicted molar refractivity (Wildman–Crippen MR) is 74.2 cm³/mol. The Morgan fingerprint density at radius 1 is 1.42 bits per heavy atom. The summed E-state index contributed by atoms with van der Waals surface area (Å²) in [5.74, 6) is -0.881. The molecule has 0 spiro atoms. The number of H-pyrrole nitrogens is 1. The number of aromatic nitrogens is 2. The van der Waals surface area contributed by atoms with Crippen molar-refractivity contribution in [3.8, 4) is 11.3 Å². The Bertz CT molecular complexity index is 602. The minimum atomic E-state index is -0.841. The highest BCUT2D eigenvalue weighted by Gasteiger charge is 2.22. The van der Waals surface area contributed by atoms with Crippen LogP contribution in [0, 0.1) is 13.8 Å². The molecule has 0 saturated carbocycles. The molecular weight excluding hydrogens is 240 g/mol. The first-order valence-electron chi connectivity index (χ1n) is 6.39. The standard InChI is InChI=1S/C15H18N2O2/c1-4-12(15(18)19)14-16-10(3)13(17-14)11-7-5-6-9(2)8-11/h5-8,12H,4H2,1-3H3,(H,16,17)(H,18,19). The van der Waals surface area contributed by atoms with Crippen LogP contribution in [0.5, 0.6) is 0 Å². The SMILES string of the molecule is CCC(C(=O)O)c1nc(-c2cccc(C)c2)c(C)[nH]1. The summed E-state index contributed by atoms with van der Waals surface area (Å²) in [5, 5.41) is 9.18. The van der Waals surface area contributed by atoms with Gasteiger partial charge in [-0.15, -0.1) is 0 Å². The number of aliphatic carboxylic acids is 1. The number of carbonyl (C=O) groups is 1. The zero-order valence-electron chi connectivity index (χ0n) is 11.4. The summed E-state index contributed by atoms with van der Waals surface area (Å²) in [7, 11) is 0. The first-order valence-corrected chi connectivity index (χ1v) is 6.39. The number of imidazole rings is 1. The number of hydrogen-bond acceptors (Lipinski definition) is 2. The molecule has 4 nitrogen and oxygen atoms in total. The molecule has 0 fully saturated rings. The Labute approximate surface area is 112 Å². The maximum Gasteiger partial charge on any atom is 0.314 e. The van der Waals surface area contributed by atoms with E-state index in [2.05, 4.69) is 16.0 Å².